The number of allylic oxidation sites excluding steroid dienone is 2. The molecule has 0 unspecified atom stereocenters. The first-order chi connectivity index (χ1) is 15.0. The molecule has 1 aromatic heterocycles. The van der Waals surface area contributed by atoms with E-state index in [9.17, 15) is 9.59 Å². The third-order valence-electron chi connectivity index (χ3n) is 5.40. The van der Waals surface area contributed by atoms with Crippen molar-refractivity contribution < 1.29 is 23.8 Å². The first-order valence-corrected chi connectivity index (χ1v) is 11.2. The van der Waals surface area contributed by atoms with Crippen molar-refractivity contribution in [1.29, 1.82) is 0 Å². The summed E-state index contributed by atoms with van der Waals surface area (Å²) < 4.78 is 15.8. The molecule has 0 aliphatic heterocycles. The quantitative estimate of drug-likeness (QED) is 0.209. The molecular weight excluding hydrogens is 418 g/mol. The van der Waals surface area contributed by atoms with Crippen LogP contribution in [0.25, 0.3) is 0 Å². The third kappa shape index (κ3) is 7.10. The van der Waals surface area contributed by atoms with Gasteiger partial charge in [-0.05, 0) is 38.3 Å². The standard InChI is InChI=1S/C24H32ClNO5/c1-17-18(21(28)23(30-3)22(29-2)20(17)27)13-10-8-6-4-5-7-9-11-16-31-19-14-12-15-26-24(19)25/h12,14-15H,4-11,13,16H2,1-3H3. The van der Waals surface area contributed by atoms with Gasteiger partial charge in [-0.2, -0.15) is 0 Å². The predicted molar refractivity (Wildman–Crippen MR) is 120 cm³/mol. The number of nitrogens with zero attached hydrogens (tertiary/aromatic N) is 1. The second kappa shape index (κ2) is 13.2. The lowest BCUT2D eigenvalue weighted by Gasteiger charge is -2.20. The largest absolute Gasteiger partial charge is 0.490 e. The number of rotatable bonds is 14. The van der Waals surface area contributed by atoms with E-state index in [2.05, 4.69) is 4.98 Å². The number of carbonyl (C=O) groups excluding carboxylic acids is 2. The van der Waals surface area contributed by atoms with Gasteiger partial charge >= 0.3 is 0 Å². The van der Waals surface area contributed by atoms with Crippen molar-refractivity contribution in [3.63, 3.8) is 0 Å². The van der Waals surface area contributed by atoms with Gasteiger partial charge in [0.25, 0.3) is 0 Å². The normalized spacial score (nSPS) is 14.3. The number of unbranched alkanes of at least 4 members (excludes halogenated alkanes) is 7. The van der Waals surface area contributed by atoms with E-state index >= 15 is 0 Å². The van der Waals surface area contributed by atoms with Crippen molar-refractivity contribution in [2.45, 2.75) is 64.7 Å². The van der Waals surface area contributed by atoms with Crippen LogP contribution in [-0.4, -0.2) is 37.4 Å². The summed E-state index contributed by atoms with van der Waals surface area (Å²) in [5.74, 6) is 0.166. The summed E-state index contributed by atoms with van der Waals surface area (Å²) >= 11 is 5.96. The minimum Gasteiger partial charge on any atom is -0.490 e. The highest BCUT2D eigenvalue weighted by molar-refractivity contribution is 6.30. The molecular formula is C24H32ClNO5. The van der Waals surface area contributed by atoms with Crippen molar-refractivity contribution in [3.05, 3.63) is 46.1 Å². The van der Waals surface area contributed by atoms with E-state index in [-0.39, 0.29) is 23.1 Å². The Morgan fingerprint density at radius 2 is 1.45 bits per heavy atom. The van der Waals surface area contributed by atoms with Gasteiger partial charge in [-0.25, -0.2) is 4.98 Å². The lowest BCUT2D eigenvalue weighted by molar-refractivity contribution is -0.121. The molecule has 170 valence electrons. The first kappa shape index (κ1) is 24.9. The molecule has 1 heterocycles. The van der Waals surface area contributed by atoms with Crippen LogP contribution in [0.2, 0.25) is 5.15 Å². The maximum Gasteiger partial charge on any atom is 0.228 e. The maximum absolute atomic E-state index is 12.6. The number of ether oxygens (including phenoxy) is 3. The van der Waals surface area contributed by atoms with Gasteiger partial charge in [0.1, 0.15) is 0 Å². The highest BCUT2D eigenvalue weighted by Crippen LogP contribution is 2.29. The number of ketones is 2. The minimum atomic E-state index is -0.260. The summed E-state index contributed by atoms with van der Waals surface area (Å²) in [6.45, 7) is 2.34. The molecule has 0 atom stereocenters. The summed E-state index contributed by atoms with van der Waals surface area (Å²) in [6, 6.07) is 3.64. The summed E-state index contributed by atoms with van der Waals surface area (Å²) in [4.78, 5) is 28.9. The van der Waals surface area contributed by atoms with Crippen LogP contribution < -0.4 is 4.74 Å². The van der Waals surface area contributed by atoms with E-state index < -0.39 is 0 Å². The van der Waals surface area contributed by atoms with Gasteiger partial charge in [-0.15, -0.1) is 0 Å². The average Bonchev–Trinajstić information content (AvgIpc) is 2.77. The number of Topliss-reactive ketones (excluding diaryl/α,β-unsaturated/α-hetero) is 2. The number of hydrogen-bond donors (Lipinski definition) is 0. The lowest BCUT2D eigenvalue weighted by atomic mass is 9.89. The summed E-state index contributed by atoms with van der Waals surface area (Å²) in [7, 11) is 2.76. The Labute approximate surface area is 189 Å². The Balaban J connectivity index is 1.56. The number of hydrogen-bond acceptors (Lipinski definition) is 6. The van der Waals surface area contributed by atoms with E-state index in [4.69, 9.17) is 25.8 Å². The Morgan fingerprint density at radius 3 is 2.06 bits per heavy atom. The third-order valence-corrected chi connectivity index (χ3v) is 5.68. The van der Waals surface area contributed by atoms with E-state index in [0.717, 1.165) is 38.5 Å². The van der Waals surface area contributed by atoms with E-state index in [1.807, 2.05) is 12.1 Å². The fraction of sp³-hybridized carbons (Fsp3) is 0.542. The fourth-order valence-electron chi connectivity index (χ4n) is 3.62. The summed E-state index contributed by atoms with van der Waals surface area (Å²) in [5, 5.41) is 0.404. The molecule has 2 rings (SSSR count). The van der Waals surface area contributed by atoms with Gasteiger partial charge in [0, 0.05) is 17.3 Å². The van der Waals surface area contributed by atoms with Crippen LogP contribution in [0.15, 0.2) is 41.0 Å². The number of carbonyl (C=O) groups is 2. The fourth-order valence-corrected chi connectivity index (χ4v) is 3.79. The Kier molecular flexibility index (Phi) is 10.6. The number of pyridine rings is 1. The van der Waals surface area contributed by atoms with E-state index in [0.29, 0.717) is 35.1 Å². The summed E-state index contributed by atoms with van der Waals surface area (Å²) in [5.41, 5.74) is 1.02. The zero-order valence-electron chi connectivity index (χ0n) is 18.7. The van der Waals surface area contributed by atoms with Crippen LogP contribution in [0, 0.1) is 0 Å². The van der Waals surface area contributed by atoms with Crippen molar-refractivity contribution in [3.8, 4) is 5.75 Å². The molecule has 0 spiro atoms. The SMILES string of the molecule is COC1=C(OC)C(=O)C(CCCCCCCCCCOc2cccnc2Cl)=C(C)C1=O. The average molecular weight is 450 g/mol. The van der Waals surface area contributed by atoms with Crippen LogP contribution >= 0.6 is 11.6 Å². The Hall–Kier alpha value is -2.34. The van der Waals surface area contributed by atoms with Crippen molar-refractivity contribution in [1.82, 2.24) is 4.98 Å². The molecule has 0 N–H and O–H groups in total. The smallest absolute Gasteiger partial charge is 0.228 e. The molecule has 0 fully saturated rings. The molecule has 0 bridgehead atoms. The van der Waals surface area contributed by atoms with Crippen LogP contribution in [-0.2, 0) is 19.1 Å². The maximum atomic E-state index is 12.6. The number of methoxy groups -OCH3 is 2. The van der Waals surface area contributed by atoms with E-state index in [1.165, 1.54) is 27.1 Å². The van der Waals surface area contributed by atoms with Crippen LogP contribution in [0.3, 0.4) is 0 Å². The van der Waals surface area contributed by atoms with Gasteiger partial charge in [0.15, 0.2) is 10.9 Å². The Morgan fingerprint density at radius 1 is 0.871 bits per heavy atom. The predicted octanol–water partition coefficient (Wildman–Crippen LogP) is 5.60. The zero-order valence-corrected chi connectivity index (χ0v) is 19.4. The van der Waals surface area contributed by atoms with Gasteiger partial charge in [-0.3, -0.25) is 9.59 Å². The second-order valence-corrected chi connectivity index (χ2v) is 7.91. The van der Waals surface area contributed by atoms with Crippen LogP contribution in [0.1, 0.15) is 64.7 Å². The number of halogens is 1. The Bertz CT molecular complexity index is 831. The highest BCUT2D eigenvalue weighted by atomic mass is 35.5. The van der Waals surface area contributed by atoms with Gasteiger partial charge < -0.3 is 14.2 Å². The first-order valence-electron chi connectivity index (χ1n) is 10.9. The molecule has 0 saturated carbocycles. The molecule has 6 nitrogen and oxygen atoms in total. The van der Waals surface area contributed by atoms with Gasteiger partial charge in [0.05, 0.1) is 20.8 Å². The van der Waals surface area contributed by atoms with Gasteiger partial charge in [-0.1, -0.05) is 50.1 Å². The van der Waals surface area contributed by atoms with Gasteiger partial charge in [0.2, 0.25) is 23.1 Å². The molecule has 1 aliphatic carbocycles. The van der Waals surface area contributed by atoms with Crippen LogP contribution in [0.5, 0.6) is 5.75 Å². The second-order valence-electron chi connectivity index (χ2n) is 7.55. The van der Waals surface area contributed by atoms with E-state index in [1.54, 1.807) is 13.1 Å². The summed E-state index contributed by atoms with van der Waals surface area (Å²) in [6.07, 6.45) is 10.9. The molecule has 31 heavy (non-hydrogen) atoms. The highest BCUT2D eigenvalue weighted by Gasteiger charge is 2.34. The van der Waals surface area contributed by atoms with Crippen molar-refractivity contribution >= 4 is 23.2 Å². The monoisotopic (exact) mass is 449 g/mol. The molecule has 7 heteroatoms. The zero-order chi connectivity index (χ0) is 22.6. The minimum absolute atomic E-state index is 0.00248. The molecule has 1 aliphatic rings. The topological polar surface area (TPSA) is 74.7 Å². The van der Waals surface area contributed by atoms with Crippen LogP contribution in [0.4, 0.5) is 0 Å². The number of aromatic nitrogens is 1. The lowest BCUT2D eigenvalue weighted by Crippen LogP contribution is -2.25. The molecule has 0 aromatic carbocycles. The molecule has 0 radical (unpaired) electrons. The molecule has 1 aromatic rings. The van der Waals surface area contributed by atoms with Crippen molar-refractivity contribution in [2.75, 3.05) is 20.8 Å². The molecule has 0 saturated heterocycles. The molecule has 0 amide bonds. The van der Waals surface area contributed by atoms with Crippen molar-refractivity contribution in [2.24, 2.45) is 0 Å².